The maximum atomic E-state index is 10.0. The molecule has 1 aromatic carbocycles. The lowest BCUT2D eigenvalue weighted by atomic mass is 10.0. The predicted molar refractivity (Wildman–Crippen MR) is 85.5 cm³/mol. The largest absolute Gasteiger partial charge is 0.490 e. The van der Waals surface area contributed by atoms with Crippen molar-refractivity contribution in [3.8, 4) is 5.75 Å². The second kappa shape index (κ2) is 8.59. The van der Waals surface area contributed by atoms with Gasteiger partial charge in [-0.25, -0.2) is 0 Å². The Morgan fingerprint density at radius 2 is 2.00 bits per heavy atom. The van der Waals surface area contributed by atoms with Gasteiger partial charge in [0.1, 0.15) is 31.5 Å². The molecule has 0 aliphatic carbocycles. The Bertz CT molecular complexity index is 451. The van der Waals surface area contributed by atoms with Crippen molar-refractivity contribution in [2.24, 2.45) is 0 Å². The summed E-state index contributed by atoms with van der Waals surface area (Å²) in [5.41, 5.74) is 2.02. The Morgan fingerprint density at radius 1 is 1.33 bits per heavy atom. The fourth-order valence-corrected chi connectivity index (χ4v) is 2.36. The van der Waals surface area contributed by atoms with E-state index in [0.29, 0.717) is 19.0 Å². The maximum Gasteiger partial charge on any atom is 0.137 e. The molecular weight excluding hydrogens is 290 g/mol. The van der Waals surface area contributed by atoms with Gasteiger partial charge in [0.2, 0.25) is 0 Å². The number of ether oxygens (including phenoxy) is 1. The predicted octanol–water partition coefficient (Wildman–Crippen LogP) is 1.02. The summed E-state index contributed by atoms with van der Waals surface area (Å²) in [5.74, 6) is 1.09. The summed E-state index contributed by atoms with van der Waals surface area (Å²) in [6.45, 7) is 7.64. The molecule has 0 aliphatic rings. The van der Waals surface area contributed by atoms with Gasteiger partial charge < -0.3 is 19.8 Å². The molecule has 0 amide bonds. The van der Waals surface area contributed by atoms with Crippen molar-refractivity contribution < 1.29 is 19.8 Å². The highest BCUT2D eigenvalue weighted by atomic mass is 35.5. The van der Waals surface area contributed by atoms with E-state index in [1.54, 1.807) is 0 Å². The van der Waals surface area contributed by atoms with Gasteiger partial charge in [0.25, 0.3) is 0 Å². The van der Waals surface area contributed by atoms with E-state index in [2.05, 4.69) is 13.8 Å². The van der Waals surface area contributed by atoms with Gasteiger partial charge in [-0.1, -0.05) is 25.4 Å². The summed E-state index contributed by atoms with van der Waals surface area (Å²) >= 11 is 6.16. The molecule has 0 bridgehead atoms. The molecule has 0 aromatic heterocycles. The average molecular weight is 317 g/mol. The number of hydrogen-bond donors (Lipinski definition) is 3. The molecule has 3 N–H and O–H groups in total. The second-order valence-electron chi connectivity index (χ2n) is 5.89. The van der Waals surface area contributed by atoms with Crippen LogP contribution in [-0.2, 0) is 0 Å². The van der Waals surface area contributed by atoms with Crippen LogP contribution in [0.4, 0.5) is 0 Å². The van der Waals surface area contributed by atoms with Gasteiger partial charge in [0.05, 0.1) is 13.7 Å². The molecular formula is C16H27ClNO3+. The summed E-state index contributed by atoms with van der Waals surface area (Å²) < 4.78 is 5.79. The smallest absolute Gasteiger partial charge is 0.137 e. The van der Waals surface area contributed by atoms with Crippen LogP contribution in [0, 0.1) is 6.92 Å². The van der Waals surface area contributed by atoms with E-state index < -0.39 is 6.10 Å². The highest BCUT2D eigenvalue weighted by Crippen LogP contribution is 2.32. The van der Waals surface area contributed by atoms with E-state index in [-0.39, 0.29) is 13.2 Å². The molecule has 1 rings (SSSR count). The van der Waals surface area contributed by atoms with E-state index >= 15 is 0 Å². The number of nitrogens with one attached hydrogen (secondary N) is 1. The van der Waals surface area contributed by atoms with Crippen molar-refractivity contribution in [1.82, 2.24) is 0 Å². The molecule has 2 atom stereocenters. The lowest BCUT2D eigenvalue weighted by molar-refractivity contribution is -0.883. The first kappa shape index (κ1) is 18.2. The topological polar surface area (TPSA) is 54.1 Å². The number of aliphatic hydroxyl groups is 2. The van der Waals surface area contributed by atoms with Crippen LogP contribution in [-0.4, -0.2) is 49.7 Å². The summed E-state index contributed by atoms with van der Waals surface area (Å²) in [4.78, 5) is 1.07. The third-order valence-corrected chi connectivity index (χ3v) is 3.87. The quantitative estimate of drug-likeness (QED) is 0.671. The average Bonchev–Trinajstić information content (AvgIpc) is 2.39. The molecule has 0 fully saturated rings. The summed E-state index contributed by atoms with van der Waals surface area (Å²) in [7, 11) is 1.94. The number of halogens is 1. The Kier molecular flexibility index (Phi) is 7.46. The molecule has 5 heteroatoms. The number of quaternary nitrogens is 1. The molecule has 1 unspecified atom stereocenters. The van der Waals surface area contributed by atoms with Crippen LogP contribution in [0.2, 0.25) is 5.02 Å². The van der Waals surface area contributed by atoms with Crippen LogP contribution in [0.3, 0.4) is 0 Å². The van der Waals surface area contributed by atoms with Crippen LogP contribution in [0.5, 0.6) is 5.75 Å². The van der Waals surface area contributed by atoms with E-state index in [1.807, 2.05) is 26.1 Å². The van der Waals surface area contributed by atoms with Crippen molar-refractivity contribution in [1.29, 1.82) is 0 Å². The van der Waals surface area contributed by atoms with Crippen LogP contribution in [0.25, 0.3) is 0 Å². The number of hydrogen-bond acceptors (Lipinski definition) is 3. The zero-order chi connectivity index (χ0) is 16.0. The lowest BCUT2D eigenvalue weighted by Crippen LogP contribution is -3.10. The monoisotopic (exact) mass is 316 g/mol. The van der Waals surface area contributed by atoms with Crippen LogP contribution >= 0.6 is 11.6 Å². The Labute approximate surface area is 132 Å². The Balaban J connectivity index is 2.68. The maximum absolute atomic E-state index is 10.0. The van der Waals surface area contributed by atoms with Crippen LogP contribution in [0.1, 0.15) is 30.9 Å². The third-order valence-electron chi connectivity index (χ3n) is 3.47. The molecule has 4 nitrogen and oxygen atoms in total. The van der Waals surface area contributed by atoms with Gasteiger partial charge >= 0.3 is 0 Å². The van der Waals surface area contributed by atoms with Gasteiger partial charge in [-0.05, 0) is 36.1 Å². The first-order chi connectivity index (χ1) is 9.85. The number of aliphatic hydroxyl groups excluding tert-OH is 2. The summed E-state index contributed by atoms with van der Waals surface area (Å²) in [6.07, 6.45) is -0.562. The molecule has 0 spiro atoms. The number of aryl methyl sites for hydroxylation is 1. The van der Waals surface area contributed by atoms with Crippen molar-refractivity contribution in [2.75, 3.05) is 33.4 Å². The SMILES string of the molecule is Cc1cc(OC[C@H](O)C[NH+](C)CCO)c(C(C)C)cc1Cl. The molecule has 0 saturated carbocycles. The molecule has 0 heterocycles. The zero-order valence-corrected chi connectivity index (χ0v) is 14.1. The van der Waals surface area contributed by atoms with Gasteiger partial charge in [0.15, 0.2) is 0 Å². The number of benzene rings is 1. The van der Waals surface area contributed by atoms with Gasteiger partial charge in [-0.3, -0.25) is 0 Å². The Hall–Kier alpha value is -0.810. The standard InChI is InChI=1S/C16H26ClNO3/c1-11(2)14-8-15(17)12(3)7-16(14)21-10-13(20)9-18(4)5-6-19/h7-8,11,13,19-20H,5-6,9-10H2,1-4H3/p+1/t13-/m1/s1. The Morgan fingerprint density at radius 3 is 2.57 bits per heavy atom. The van der Waals surface area contributed by atoms with Gasteiger partial charge in [0, 0.05) is 5.02 Å². The molecule has 0 radical (unpaired) electrons. The van der Waals surface area contributed by atoms with Crippen molar-refractivity contribution in [2.45, 2.75) is 32.8 Å². The van der Waals surface area contributed by atoms with Crippen molar-refractivity contribution in [3.63, 3.8) is 0 Å². The zero-order valence-electron chi connectivity index (χ0n) is 13.3. The van der Waals surface area contributed by atoms with Crippen molar-refractivity contribution in [3.05, 3.63) is 28.3 Å². The summed E-state index contributed by atoms with van der Waals surface area (Å²) in [6, 6.07) is 3.86. The van der Waals surface area contributed by atoms with E-state index in [1.165, 1.54) is 0 Å². The van der Waals surface area contributed by atoms with Gasteiger partial charge in [-0.15, -0.1) is 0 Å². The lowest BCUT2D eigenvalue weighted by Gasteiger charge is -2.20. The highest BCUT2D eigenvalue weighted by Gasteiger charge is 2.15. The minimum absolute atomic E-state index is 0.118. The van der Waals surface area contributed by atoms with E-state index in [4.69, 9.17) is 21.4 Å². The van der Waals surface area contributed by atoms with Crippen LogP contribution in [0.15, 0.2) is 12.1 Å². The normalized spacial score (nSPS) is 14.3. The molecule has 0 saturated heterocycles. The number of likely N-dealkylation sites (N-methyl/N-ethyl adjacent to an activating group) is 1. The van der Waals surface area contributed by atoms with Gasteiger partial charge in [-0.2, -0.15) is 0 Å². The number of rotatable bonds is 8. The van der Waals surface area contributed by atoms with Crippen molar-refractivity contribution >= 4 is 11.6 Å². The molecule has 21 heavy (non-hydrogen) atoms. The fourth-order valence-electron chi connectivity index (χ4n) is 2.19. The van der Waals surface area contributed by atoms with E-state index in [9.17, 15) is 5.11 Å². The third kappa shape index (κ3) is 5.83. The van der Waals surface area contributed by atoms with Crippen LogP contribution < -0.4 is 9.64 Å². The van der Waals surface area contributed by atoms with E-state index in [0.717, 1.165) is 26.8 Å². The first-order valence-corrected chi connectivity index (χ1v) is 7.76. The molecule has 1 aromatic rings. The summed E-state index contributed by atoms with van der Waals surface area (Å²) in [5, 5.41) is 19.6. The highest BCUT2D eigenvalue weighted by molar-refractivity contribution is 6.31. The minimum atomic E-state index is -0.562. The first-order valence-electron chi connectivity index (χ1n) is 7.38. The molecule has 120 valence electrons. The fraction of sp³-hybridized carbons (Fsp3) is 0.625. The molecule has 0 aliphatic heterocycles. The minimum Gasteiger partial charge on any atom is -0.490 e. The second-order valence-corrected chi connectivity index (χ2v) is 6.30.